The third-order valence-electron chi connectivity index (χ3n) is 7.06. The number of alkyl halides is 2. The van der Waals surface area contributed by atoms with Crippen molar-refractivity contribution in [1.82, 2.24) is 24.2 Å². The van der Waals surface area contributed by atoms with E-state index in [0.717, 1.165) is 5.56 Å². The average Bonchev–Trinajstić information content (AvgIpc) is 3.46. The molecule has 0 spiro atoms. The molecular formula is C27H26F2N6O4. The van der Waals surface area contributed by atoms with Gasteiger partial charge in [0.15, 0.2) is 0 Å². The van der Waals surface area contributed by atoms with E-state index in [1.807, 2.05) is 4.90 Å². The summed E-state index contributed by atoms with van der Waals surface area (Å²) in [6.07, 6.45) is 2.95. The van der Waals surface area contributed by atoms with E-state index >= 15 is 0 Å². The molecule has 2 aromatic carbocycles. The lowest BCUT2D eigenvalue weighted by Crippen LogP contribution is -2.52. The van der Waals surface area contributed by atoms with Crippen LogP contribution in [0.2, 0.25) is 0 Å². The molecule has 0 bridgehead atoms. The summed E-state index contributed by atoms with van der Waals surface area (Å²) >= 11 is 0. The van der Waals surface area contributed by atoms with Crippen LogP contribution in [0.1, 0.15) is 15.2 Å². The van der Waals surface area contributed by atoms with E-state index in [2.05, 4.69) is 14.7 Å². The number of aromatic nitrogens is 4. The Balaban J connectivity index is 1.36. The summed E-state index contributed by atoms with van der Waals surface area (Å²) in [4.78, 5) is 37.7. The van der Waals surface area contributed by atoms with Crippen LogP contribution in [0.3, 0.4) is 0 Å². The quantitative estimate of drug-likeness (QED) is 0.371. The van der Waals surface area contributed by atoms with Gasteiger partial charge in [-0.05, 0) is 30.7 Å². The Kier molecular flexibility index (Phi) is 5.32. The highest BCUT2D eigenvalue weighted by Gasteiger charge is 2.38. The first kappa shape index (κ1) is 21.5. The van der Waals surface area contributed by atoms with Gasteiger partial charge in [0.1, 0.15) is 12.4 Å². The molecule has 2 aliphatic rings. The lowest BCUT2D eigenvalue weighted by Gasteiger charge is -2.35. The van der Waals surface area contributed by atoms with Gasteiger partial charge in [0.05, 0.1) is 23.5 Å². The van der Waals surface area contributed by atoms with E-state index in [9.17, 15) is 18.4 Å². The van der Waals surface area contributed by atoms with Crippen molar-refractivity contribution < 1.29 is 27.2 Å². The largest absolute Gasteiger partial charge is 0.447 e. The number of carbonyl (C=O) groups excluding carboxylic acids is 1. The number of halogens is 2. The second-order valence-electron chi connectivity index (χ2n) is 9.54. The van der Waals surface area contributed by atoms with Gasteiger partial charge in [-0.1, -0.05) is 23.8 Å². The maximum atomic E-state index is 13.2. The minimum atomic E-state index is -3.08. The number of rotatable bonds is 6. The highest BCUT2D eigenvalue weighted by Crippen LogP contribution is 2.28. The van der Waals surface area contributed by atoms with Crippen LogP contribution in [0.25, 0.3) is 22.0 Å². The topological polar surface area (TPSA) is 94.7 Å². The average molecular weight is 540 g/mol. The molecule has 0 saturated carbocycles. The third-order valence-corrected chi connectivity index (χ3v) is 7.06. The van der Waals surface area contributed by atoms with Gasteiger partial charge in [-0.25, -0.2) is 14.8 Å². The van der Waals surface area contributed by atoms with Crippen molar-refractivity contribution in [3.05, 3.63) is 70.3 Å². The maximum absolute atomic E-state index is 13.2. The van der Waals surface area contributed by atoms with Crippen molar-refractivity contribution in [3.8, 4) is 16.9 Å². The predicted molar refractivity (Wildman–Crippen MR) is 139 cm³/mol. The number of piperazine rings is 1. The molecular weight excluding hydrogens is 510 g/mol. The number of benzene rings is 2. The van der Waals surface area contributed by atoms with Crippen molar-refractivity contribution in [3.63, 3.8) is 0 Å². The first-order valence-electron chi connectivity index (χ1n) is 13.8. The summed E-state index contributed by atoms with van der Waals surface area (Å²) in [5, 5.41) is 0.155. The molecule has 0 N–H and O–H groups in total. The number of aryl methyl sites for hydroxylation is 1. The third kappa shape index (κ3) is 4.55. The van der Waals surface area contributed by atoms with E-state index in [4.69, 9.17) is 8.85 Å². The number of nitrogens with zero attached hydrogens (tertiary/aromatic N) is 6. The Labute approximate surface area is 226 Å². The molecule has 0 aliphatic carbocycles. The fourth-order valence-electron chi connectivity index (χ4n) is 5.10. The van der Waals surface area contributed by atoms with Crippen LogP contribution in [-0.2, 0) is 18.3 Å². The number of fused-ring (bicyclic) bond motifs is 2. The monoisotopic (exact) mass is 539 g/mol. The lowest BCUT2D eigenvalue weighted by molar-refractivity contribution is -0.0505. The van der Waals surface area contributed by atoms with E-state index in [1.165, 1.54) is 16.8 Å². The van der Waals surface area contributed by atoms with Crippen molar-refractivity contribution >= 4 is 22.9 Å². The van der Waals surface area contributed by atoms with E-state index in [-0.39, 0.29) is 35.4 Å². The predicted octanol–water partition coefficient (Wildman–Crippen LogP) is 3.40. The van der Waals surface area contributed by atoms with Crippen LogP contribution in [0.5, 0.6) is 5.75 Å². The summed E-state index contributed by atoms with van der Waals surface area (Å²) in [5.41, 5.74) is 1.84. The van der Waals surface area contributed by atoms with E-state index in [1.54, 1.807) is 48.5 Å². The number of ether oxygens (including phenoxy) is 2. The van der Waals surface area contributed by atoms with Gasteiger partial charge in [0.2, 0.25) is 5.95 Å². The molecule has 202 valence electrons. The fourth-order valence-corrected chi connectivity index (χ4v) is 5.10. The minimum Gasteiger partial charge on any atom is -0.447 e. The smallest absolute Gasteiger partial charge is 0.410 e. The van der Waals surface area contributed by atoms with Crippen LogP contribution in [-0.4, -0.2) is 69.2 Å². The van der Waals surface area contributed by atoms with Gasteiger partial charge in [0, 0.05) is 54.2 Å². The van der Waals surface area contributed by atoms with Crippen molar-refractivity contribution in [1.29, 1.82) is 0 Å². The van der Waals surface area contributed by atoms with E-state index in [0.29, 0.717) is 53.5 Å². The molecule has 4 heterocycles. The molecule has 39 heavy (non-hydrogen) atoms. The van der Waals surface area contributed by atoms with Crippen molar-refractivity contribution in [2.24, 2.45) is 6.98 Å². The summed E-state index contributed by atoms with van der Waals surface area (Å²) < 4.78 is 62.0. The van der Waals surface area contributed by atoms with Crippen molar-refractivity contribution in [2.75, 3.05) is 31.1 Å². The molecule has 6 rings (SSSR count). The maximum Gasteiger partial charge on any atom is 0.410 e. The summed E-state index contributed by atoms with van der Waals surface area (Å²) in [7, 11) is 0. The molecule has 4 aromatic rings. The molecule has 12 heteroatoms. The van der Waals surface area contributed by atoms with Crippen LogP contribution in [0, 0.1) is 6.92 Å². The van der Waals surface area contributed by atoms with Gasteiger partial charge in [-0.2, -0.15) is 8.78 Å². The van der Waals surface area contributed by atoms with Gasteiger partial charge in [-0.15, -0.1) is 0 Å². The SMILES string of the molecule is [2H]C([2H])([2H])n1c(=O)c2ccc(-c3cnc(N4CCN5C(=O)OC[C@H]5C4)nc3)cc2n1Cc1cc(C)ccc1OC(F)F. The molecule has 1 atom stereocenters. The zero-order chi connectivity index (χ0) is 29.8. The summed E-state index contributed by atoms with van der Waals surface area (Å²) in [5.74, 6) is 0.381. The number of cyclic esters (lactones) is 1. The van der Waals surface area contributed by atoms with Crippen molar-refractivity contribution in [2.45, 2.75) is 26.1 Å². The normalized spacial score (nSPS) is 18.6. The van der Waals surface area contributed by atoms with Crippen LogP contribution >= 0.6 is 0 Å². The van der Waals surface area contributed by atoms with Gasteiger partial charge < -0.3 is 14.4 Å². The first-order valence-corrected chi connectivity index (χ1v) is 12.3. The Morgan fingerprint density at radius 1 is 1.13 bits per heavy atom. The molecule has 2 saturated heterocycles. The molecule has 10 nitrogen and oxygen atoms in total. The Morgan fingerprint density at radius 3 is 2.72 bits per heavy atom. The van der Waals surface area contributed by atoms with Crippen LogP contribution in [0.15, 0.2) is 53.6 Å². The van der Waals surface area contributed by atoms with Crippen LogP contribution in [0.4, 0.5) is 19.5 Å². The molecule has 0 radical (unpaired) electrons. The van der Waals surface area contributed by atoms with Gasteiger partial charge >= 0.3 is 12.7 Å². The molecule has 2 aromatic heterocycles. The number of hydrogen-bond donors (Lipinski definition) is 0. The Morgan fingerprint density at radius 2 is 1.95 bits per heavy atom. The second-order valence-corrected chi connectivity index (χ2v) is 9.54. The van der Waals surface area contributed by atoms with Crippen LogP contribution < -0.4 is 15.2 Å². The van der Waals surface area contributed by atoms with Gasteiger partial charge in [0.25, 0.3) is 5.56 Å². The van der Waals surface area contributed by atoms with E-state index < -0.39 is 19.1 Å². The lowest BCUT2D eigenvalue weighted by atomic mass is 10.1. The highest BCUT2D eigenvalue weighted by atomic mass is 19.3. The molecule has 2 aliphatic heterocycles. The minimum absolute atomic E-state index is 0.0593. The Hall–Kier alpha value is -4.48. The second kappa shape index (κ2) is 9.68. The molecule has 2 fully saturated rings. The number of anilines is 1. The standard InChI is InChI=1S/C27H26F2N6O4/c1-16-3-6-23(39-25(28)29)18(9-16)13-35-22-10-17(4-5-21(22)24(36)32(35)2)19-11-30-26(31-12-19)33-7-8-34-20(14-33)15-38-27(34)37/h3-6,9-12,20,25H,7-8,13-15H2,1-2H3/t20-/m1/s1/i2D3. The first-order chi connectivity index (χ1) is 20.0. The number of carbonyl (C=O) groups is 1. The summed E-state index contributed by atoms with van der Waals surface area (Å²) in [6.45, 7) is -2.43. The highest BCUT2D eigenvalue weighted by molar-refractivity contribution is 5.84. The fraction of sp³-hybridized carbons (Fsp3) is 0.333. The number of hydrogen-bond acceptors (Lipinski definition) is 7. The Bertz CT molecular complexity index is 1720. The zero-order valence-electron chi connectivity index (χ0n) is 23.9. The zero-order valence-corrected chi connectivity index (χ0v) is 20.9. The number of amides is 1. The summed E-state index contributed by atoms with van der Waals surface area (Å²) in [6, 6.07) is 9.41. The molecule has 0 unspecified atom stereocenters. The van der Waals surface area contributed by atoms with Gasteiger partial charge in [-0.3, -0.25) is 19.1 Å². The molecule has 1 amide bonds.